The number of fused-ring (bicyclic) bond motifs is 1. The highest BCUT2D eigenvalue weighted by atomic mass is 79.9. The molecular formula is C14H9BrF3NO4S. The van der Waals surface area contributed by atoms with E-state index in [1.807, 2.05) is 0 Å². The van der Waals surface area contributed by atoms with Gasteiger partial charge in [0.05, 0.1) is 11.3 Å². The van der Waals surface area contributed by atoms with Crippen molar-refractivity contribution in [1.82, 2.24) is 4.98 Å². The Morgan fingerprint density at radius 2 is 1.83 bits per heavy atom. The van der Waals surface area contributed by atoms with Crippen LogP contribution in [0.25, 0.3) is 0 Å². The van der Waals surface area contributed by atoms with Crippen LogP contribution in [-0.4, -0.2) is 20.2 Å². The van der Waals surface area contributed by atoms with Crippen LogP contribution in [0.15, 0.2) is 40.0 Å². The SMILES string of the molecule is O=S(=O)(Cc1cc2c(cc1Br)OCO2)c1ccc(C(F)(F)F)cn1. The van der Waals surface area contributed by atoms with Gasteiger partial charge in [-0.25, -0.2) is 13.4 Å². The van der Waals surface area contributed by atoms with Gasteiger partial charge in [-0.05, 0) is 29.8 Å². The summed E-state index contributed by atoms with van der Waals surface area (Å²) in [6, 6.07) is 4.62. The zero-order chi connectivity index (χ0) is 17.5. The number of aromatic nitrogens is 1. The van der Waals surface area contributed by atoms with Gasteiger partial charge in [0.2, 0.25) is 6.79 Å². The van der Waals surface area contributed by atoms with Gasteiger partial charge < -0.3 is 9.47 Å². The third-order valence-electron chi connectivity index (χ3n) is 3.27. The summed E-state index contributed by atoms with van der Waals surface area (Å²) in [7, 11) is -3.92. The molecule has 1 aromatic heterocycles. The number of pyridine rings is 1. The number of sulfone groups is 1. The lowest BCUT2D eigenvalue weighted by atomic mass is 10.2. The van der Waals surface area contributed by atoms with E-state index in [-0.39, 0.29) is 6.79 Å². The molecule has 0 unspecified atom stereocenters. The van der Waals surface area contributed by atoms with Crippen LogP contribution >= 0.6 is 15.9 Å². The fourth-order valence-electron chi connectivity index (χ4n) is 2.08. The van der Waals surface area contributed by atoms with Gasteiger partial charge in [0, 0.05) is 10.7 Å². The highest BCUT2D eigenvalue weighted by Crippen LogP contribution is 2.38. The molecule has 10 heteroatoms. The van der Waals surface area contributed by atoms with Gasteiger partial charge in [-0.15, -0.1) is 0 Å². The first-order valence-electron chi connectivity index (χ1n) is 6.51. The van der Waals surface area contributed by atoms with E-state index in [9.17, 15) is 21.6 Å². The van der Waals surface area contributed by atoms with E-state index < -0.39 is 32.4 Å². The van der Waals surface area contributed by atoms with Crippen LogP contribution in [0.5, 0.6) is 11.5 Å². The van der Waals surface area contributed by atoms with Gasteiger partial charge in [-0.1, -0.05) is 15.9 Å². The van der Waals surface area contributed by atoms with E-state index in [0.29, 0.717) is 33.8 Å². The number of benzene rings is 1. The lowest BCUT2D eigenvalue weighted by Crippen LogP contribution is -2.10. The predicted molar refractivity (Wildman–Crippen MR) is 80.4 cm³/mol. The molecule has 0 spiro atoms. The number of alkyl halides is 3. The molecule has 128 valence electrons. The van der Waals surface area contributed by atoms with Crippen molar-refractivity contribution in [2.75, 3.05) is 6.79 Å². The number of halogens is 4. The Kier molecular flexibility index (Phi) is 4.20. The predicted octanol–water partition coefficient (Wildman–Crippen LogP) is 3.57. The normalized spacial score (nSPS) is 14.0. The Bertz CT molecular complexity index is 882. The highest BCUT2D eigenvalue weighted by Gasteiger charge is 2.31. The van der Waals surface area contributed by atoms with Gasteiger partial charge >= 0.3 is 6.18 Å². The maximum absolute atomic E-state index is 12.5. The van der Waals surface area contributed by atoms with Gasteiger partial charge in [-0.2, -0.15) is 13.2 Å². The van der Waals surface area contributed by atoms with Crippen molar-refractivity contribution in [1.29, 1.82) is 0 Å². The smallest absolute Gasteiger partial charge is 0.417 e. The summed E-state index contributed by atoms with van der Waals surface area (Å²) in [5.74, 6) is 0.447. The molecule has 0 aliphatic carbocycles. The second-order valence-corrected chi connectivity index (χ2v) is 7.73. The van der Waals surface area contributed by atoms with E-state index in [1.54, 1.807) is 6.07 Å². The van der Waals surface area contributed by atoms with Gasteiger partial charge in [-0.3, -0.25) is 0 Å². The molecule has 5 nitrogen and oxygen atoms in total. The van der Waals surface area contributed by atoms with E-state index in [1.165, 1.54) is 6.07 Å². The van der Waals surface area contributed by atoms with Crippen LogP contribution in [0.3, 0.4) is 0 Å². The molecule has 1 aromatic carbocycles. The molecule has 0 N–H and O–H groups in total. The minimum atomic E-state index is -4.57. The zero-order valence-electron chi connectivity index (χ0n) is 11.8. The summed E-state index contributed by atoms with van der Waals surface area (Å²) in [4.78, 5) is 3.44. The van der Waals surface area contributed by atoms with Crippen LogP contribution in [0.4, 0.5) is 13.2 Å². The quantitative estimate of drug-likeness (QED) is 0.754. The Balaban J connectivity index is 1.89. The molecule has 0 saturated carbocycles. The molecule has 3 rings (SSSR count). The minimum absolute atomic E-state index is 0.0401. The topological polar surface area (TPSA) is 65.5 Å². The third-order valence-corrected chi connectivity index (χ3v) is 5.58. The molecule has 24 heavy (non-hydrogen) atoms. The summed E-state index contributed by atoms with van der Waals surface area (Å²) in [5.41, 5.74) is -0.619. The van der Waals surface area contributed by atoms with Crippen LogP contribution in [0, 0.1) is 0 Å². The summed E-state index contributed by atoms with van der Waals surface area (Å²) in [5, 5.41) is -0.430. The van der Waals surface area contributed by atoms with Crippen molar-refractivity contribution >= 4 is 25.8 Å². The summed E-state index contributed by atoms with van der Waals surface area (Å²) >= 11 is 3.24. The molecule has 0 bridgehead atoms. The first kappa shape index (κ1) is 17.0. The van der Waals surface area contributed by atoms with Crippen molar-refractivity contribution in [3.8, 4) is 11.5 Å². The van der Waals surface area contributed by atoms with E-state index in [2.05, 4.69) is 20.9 Å². The third kappa shape index (κ3) is 3.34. The Labute approximate surface area is 143 Å². The number of rotatable bonds is 3. The summed E-state index contributed by atoms with van der Waals surface area (Å²) in [6.07, 6.45) is -4.07. The number of hydrogen-bond donors (Lipinski definition) is 0. The Hall–Kier alpha value is -1.81. The maximum atomic E-state index is 12.5. The van der Waals surface area contributed by atoms with E-state index in [0.717, 1.165) is 6.07 Å². The van der Waals surface area contributed by atoms with E-state index in [4.69, 9.17) is 9.47 Å². The minimum Gasteiger partial charge on any atom is -0.454 e. The molecular weight excluding hydrogens is 415 g/mol. The number of hydrogen-bond acceptors (Lipinski definition) is 5. The fourth-order valence-corrected chi connectivity index (χ4v) is 4.01. The summed E-state index contributed by atoms with van der Waals surface area (Å²) < 4.78 is 73.2. The molecule has 1 aliphatic rings. The lowest BCUT2D eigenvalue weighted by Gasteiger charge is -2.09. The highest BCUT2D eigenvalue weighted by molar-refractivity contribution is 9.10. The molecule has 0 radical (unpaired) electrons. The molecule has 1 aliphatic heterocycles. The van der Waals surface area contributed by atoms with Crippen LogP contribution in [-0.2, 0) is 21.8 Å². The molecule has 0 amide bonds. The first-order valence-corrected chi connectivity index (χ1v) is 8.95. The van der Waals surface area contributed by atoms with Crippen LogP contribution in [0.1, 0.15) is 11.1 Å². The van der Waals surface area contributed by atoms with Crippen molar-refractivity contribution < 1.29 is 31.1 Å². The maximum Gasteiger partial charge on any atom is 0.417 e. The van der Waals surface area contributed by atoms with E-state index >= 15 is 0 Å². The van der Waals surface area contributed by atoms with Crippen LogP contribution in [0.2, 0.25) is 0 Å². The molecule has 0 fully saturated rings. The van der Waals surface area contributed by atoms with Gasteiger partial charge in [0.25, 0.3) is 0 Å². The van der Waals surface area contributed by atoms with Crippen molar-refractivity contribution in [2.45, 2.75) is 17.0 Å². The fraction of sp³-hybridized carbons (Fsp3) is 0.214. The monoisotopic (exact) mass is 423 g/mol. The molecule has 0 atom stereocenters. The Morgan fingerprint density at radius 3 is 2.42 bits per heavy atom. The van der Waals surface area contributed by atoms with Crippen molar-refractivity contribution in [3.63, 3.8) is 0 Å². The van der Waals surface area contributed by atoms with Crippen molar-refractivity contribution in [2.24, 2.45) is 0 Å². The Morgan fingerprint density at radius 1 is 1.17 bits per heavy atom. The van der Waals surface area contributed by atoms with Crippen molar-refractivity contribution in [3.05, 3.63) is 46.1 Å². The average Bonchev–Trinajstić information content (AvgIpc) is 2.93. The lowest BCUT2D eigenvalue weighted by molar-refractivity contribution is -0.137. The average molecular weight is 424 g/mol. The number of nitrogens with zero attached hydrogens (tertiary/aromatic N) is 1. The zero-order valence-corrected chi connectivity index (χ0v) is 14.2. The molecule has 0 saturated heterocycles. The second kappa shape index (κ2) is 5.92. The van der Waals surface area contributed by atoms with Gasteiger partial charge in [0.1, 0.15) is 0 Å². The molecule has 2 aromatic rings. The standard InChI is InChI=1S/C14H9BrF3NO4S/c15-10-4-12-11(22-7-23-12)3-8(10)6-24(20,21)13-2-1-9(5-19-13)14(16,17)18/h1-5H,6-7H2. The second-order valence-electron chi connectivity index (χ2n) is 4.94. The summed E-state index contributed by atoms with van der Waals surface area (Å²) in [6.45, 7) is 0.0401. The van der Waals surface area contributed by atoms with Gasteiger partial charge in [0.15, 0.2) is 26.4 Å². The number of ether oxygens (including phenoxy) is 2. The first-order chi connectivity index (χ1) is 11.2. The largest absolute Gasteiger partial charge is 0.454 e. The van der Waals surface area contributed by atoms with Crippen LogP contribution < -0.4 is 9.47 Å². The molecule has 2 heterocycles.